The minimum Gasteiger partial charge on any atom is -0.465 e. The number of hydrogen-bond acceptors (Lipinski definition) is 2. The number of carbonyl (C=O) groups is 1. The second-order valence-corrected chi connectivity index (χ2v) is 5.72. The van der Waals surface area contributed by atoms with Crippen LogP contribution in [0, 0.1) is 13.8 Å². The minimum atomic E-state index is -0.443. The van der Waals surface area contributed by atoms with Crippen molar-refractivity contribution in [1.82, 2.24) is 0 Å². The van der Waals surface area contributed by atoms with Crippen LogP contribution in [0.3, 0.4) is 0 Å². The van der Waals surface area contributed by atoms with Gasteiger partial charge in [-0.1, -0.05) is 37.3 Å². The highest BCUT2D eigenvalue weighted by Gasteiger charge is 2.18. The fourth-order valence-electron chi connectivity index (χ4n) is 2.57. The molecule has 1 amide bonds. The van der Waals surface area contributed by atoms with Crippen LogP contribution in [0.4, 0.5) is 0 Å². The summed E-state index contributed by atoms with van der Waals surface area (Å²) in [6.07, 6.45) is 5.15. The van der Waals surface area contributed by atoms with Gasteiger partial charge in [0.25, 0.3) is 0 Å². The van der Waals surface area contributed by atoms with Crippen LogP contribution >= 0.6 is 0 Å². The molecule has 0 aliphatic heterocycles. The number of furan rings is 1. The summed E-state index contributed by atoms with van der Waals surface area (Å²) in [4.78, 5) is 11.0. The van der Waals surface area contributed by atoms with Crippen LogP contribution in [-0.4, -0.2) is 5.91 Å². The first-order valence-electron chi connectivity index (χ1n) is 7.60. The van der Waals surface area contributed by atoms with E-state index < -0.39 is 5.91 Å². The quantitative estimate of drug-likeness (QED) is 0.815. The van der Waals surface area contributed by atoms with E-state index in [2.05, 4.69) is 31.2 Å². The first-order chi connectivity index (χ1) is 10.5. The molecule has 0 aliphatic carbocycles. The van der Waals surface area contributed by atoms with Crippen molar-refractivity contribution < 1.29 is 9.21 Å². The molecule has 2 aromatic rings. The highest BCUT2D eigenvalue weighted by Crippen LogP contribution is 2.31. The predicted molar refractivity (Wildman–Crippen MR) is 89.6 cm³/mol. The molecule has 0 spiro atoms. The van der Waals surface area contributed by atoms with Crippen molar-refractivity contribution in [3.63, 3.8) is 0 Å². The fourth-order valence-corrected chi connectivity index (χ4v) is 2.57. The number of amides is 1. The van der Waals surface area contributed by atoms with Crippen molar-refractivity contribution in [3.05, 3.63) is 64.6 Å². The van der Waals surface area contributed by atoms with Crippen LogP contribution in [0.25, 0.3) is 6.08 Å². The zero-order chi connectivity index (χ0) is 16.1. The van der Waals surface area contributed by atoms with Crippen LogP contribution in [-0.2, 0) is 11.2 Å². The molecular formula is C19H23NO2. The summed E-state index contributed by atoms with van der Waals surface area (Å²) in [7, 11) is 0. The Hall–Kier alpha value is -2.29. The second-order valence-electron chi connectivity index (χ2n) is 5.72. The van der Waals surface area contributed by atoms with E-state index in [1.807, 2.05) is 19.9 Å². The first kappa shape index (κ1) is 16.1. The third-order valence-corrected chi connectivity index (χ3v) is 4.03. The van der Waals surface area contributed by atoms with E-state index in [1.165, 1.54) is 11.6 Å². The maximum atomic E-state index is 11.0. The van der Waals surface area contributed by atoms with E-state index in [0.29, 0.717) is 0 Å². The first-order valence-corrected chi connectivity index (χ1v) is 7.60. The Morgan fingerprint density at radius 1 is 1.27 bits per heavy atom. The summed E-state index contributed by atoms with van der Waals surface area (Å²) in [6.45, 7) is 6.11. The Balaban J connectivity index is 2.16. The van der Waals surface area contributed by atoms with Crippen LogP contribution in [0.5, 0.6) is 0 Å². The molecule has 0 saturated heterocycles. The minimum absolute atomic E-state index is 0.278. The van der Waals surface area contributed by atoms with Crippen molar-refractivity contribution >= 4 is 12.0 Å². The second kappa shape index (κ2) is 7.12. The summed E-state index contributed by atoms with van der Waals surface area (Å²) in [5.41, 5.74) is 8.58. The summed E-state index contributed by atoms with van der Waals surface area (Å²) >= 11 is 0. The lowest BCUT2D eigenvalue weighted by atomic mass is 9.95. The van der Waals surface area contributed by atoms with Crippen molar-refractivity contribution in [1.29, 1.82) is 0 Å². The molecule has 1 aromatic carbocycles. The highest BCUT2D eigenvalue weighted by molar-refractivity contribution is 5.90. The number of carbonyl (C=O) groups excluding carboxylic acids is 1. The molecule has 22 heavy (non-hydrogen) atoms. The van der Waals surface area contributed by atoms with Crippen LogP contribution < -0.4 is 5.73 Å². The van der Waals surface area contributed by atoms with E-state index in [-0.39, 0.29) is 5.92 Å². The van der Waals surface area contributed by atoms with Gasteiger partial charge in [-0.25, -0.2) is 0 Å². The lowest BCUT2D eigenvalue weighted by Crippen LogP contribution is -2.05. The van der Waals surface area contributed by atoms with Gasteiger partial charge in [0.2, 0.25) is 5.91 Å². The standard InChI is InChI=1S/C19H23NO2/c1-13(9-10-16-7-5-4-6-8-16)19-17(11-12-18(20)21)14(2)15(3)22-19/h4-8,11-13H,9-10H2,1-3H3,(H2,20,21)/b12-11+. The number of hydrogen-bond donors (Lipinski definition) is 1. The van der Waals surface area contributed by atoms with Gasteiger partial charge in [-0.3, -0.25) is 4.79 Å². The molecule has 3 nitrogen and oxygen atoms in total. The lowest BCUT2D eigenvalue weighted by Gasteiger charge is -2.10. The molecule has 2 rings (SSSR count). The maximum Gasteiger partial charge on any atom is 0.241 e. The molecule has 1 heterocycles. The highest BCUT2D eigenvalue weighted by atomic mass is 16.3. The number of primary amides is 1. The summed E-state index contributed by atoms with van der Waals surface area (Å²) in [5, 5.41) is 0. The Morgan fingerprint density at radius 2 is 1.95 bits per heavy atom. The Kier molecular flexibility index (Phi) is 5.21. The third-order valence-electron chi connectivity index (χ3n) is 4.03. The third kappa shape index (κ3) is 3.88. The van der Waals surface area contributed by atoms with Crippen molar-refractivity contribution in [2.45, 2.75) is 39.5 Å². The molecule has 0 aliphatic rings. The van der Waals surface area contributed by atoms with Crippen LogP contribution in [0.15, 0.2) is 40.8 Å². The maximum absolute atomic E-state index is 11.0. The molecule has 0 bridgehead atoms. The molecule has 3 heteroatoms. The van der Waals surface area contributed by atoms with Gasteiger partial charge in [0, 0.05) is 17.6 Å². The SMILES string of the molecule is Cc1oc(C(C)CCc2ccccc2)c(/C=C/C(N)=O)c1C. The number of aryl methyl sites for hydroxylation is 2. The molecule has 0 fully saturated rings. The zero-order valence-corrected chi connectivity index (χ0v) is 13.4. The largest absolute Gasteiger partial charge is 0.465 e. The van der Waals surface area contributed by atoms with Gasteiger partial charge in [-0.15, -0.1) is 0 Å². The van der Waals surface area contributed by atoms with E-state index in [9.17, 15) is 4.79 Å². The number of benzene rings is 1. The van der Waals surface area contributed by atoms with E-state index in [4.69, 9.17) is 10.2 Å². The molecule has 0 saturated carbocycles. The predicted octanol–water partition coefficient (Wildman–Crippen LogP) is 4.13. The molecule has 116 valence electrons. The van der Waals surface area contributed by atoms with E-state index in [1.54, 1.807) is 6.08 Å². The Bertz CT molecular complexity index is 668. The van der Waals surface area contributed by atoms with Gasteiger partial charge >= 0.3 is 0 Å². The lowest BCUT2D eigenvalue weighted by molar-refractivity contribution is -0.113. The smallest absolute Gasteiger partial charge is 0.241 e. The van der Waals surface area contributed by atoms with Gasteiger partial charge < -0.3 is 10.2 Å². The molecular weight excluding hydrogens is 274 g/mol. The number of rotatable bonds is 6. The summed E-state index contributed by atoms with van der Waals surface area (Å²) < 4.78 is 5.92. The van der Waals surface area contributed by atoms with E-state index in [0.717, 1.165) is 35.5 Å². The monoisotopic (exact) mass is 297 g/mol. The average Bonchev–Trinajstić information content (AvgIpc) is 2.79. The fraction of sp³-hybridized carbons (Fsp3) is 0.316. The molecule has 1 atom stereocenters. The van der Waals surface area contributed by atoms with Gasteiger partial charge in [0.1, 0.15) is 11.5 Å². The Morgan fingerprint density at radius 3 is 2.59 bits per heavy atom. The molecule has 2 N–H and O–H groups in total. The topological polar surface area (TPSA) is 56.2 Å². The van der Waals surface area contributed by atoms with Crippen molar-refractivity contribution in [3.8, 4) is 0 Å². The summed E-state index contributed by atoms with van der Waals surface area (Å²) in [5.74, 6) is 1.66. The Labute approximate surface area is 131 Å². The molecule has 0 radical (unpaired) electrons. The number of nitrogens with two attached hydrogens (primary N) is 1. The molecule has 1 unspecified atom stereocenters. The van der Waals surface area contributed by atoms with Crippen LogP contribution in [0.1, 0.15) is 47.5 Å². The van der Waals surface area contributed by atoms with Gasteiger partial charge in [0.05, 0.1) is 0 Å². The zero-order valence-electron chi connectivity index (χ0n) is 13.4. The normalized spacial score (nSPS) is 12.7. The van der Waals surface area contributed by atoms with Gasteiger partial charge in [0.15, 0.2) is 0 Å². The average molecular weight is 297 g/mol. The van der Waals surface area contributed by atoms with Gasteiger partial charge in [-0.05, 0) is 43.9 Å². The van der Waals surface area contributed by atoms with Crippen molar-refractivity contribution in [2.75, 3.05) is 0 Å². The van der Waals surface area contributed by atoms with Crippen molar-refractivity contribution in [2.24, 2.45) is 5.73 Å². The molecule has 1 aromatic heterocycles. The van der Waals surface area contributed by atoms with E-state index >= 15 is 0 Å². The van der Waals surface area contributed by atoms with Gasteiger partial charge in [-0.2, -0.15) is 0 Å². The van der Waals surface area contributed by atoms with Crippen LogP contribution in [0.2, 0.25) is 0 Å². The summed E-state index contributed by atoms with van der Waals surface area (Å²) in [6, 6.07) is 10.4.